The zero-order chi connectivity index (χ0) is 16.9. The molecule has 0 spiro atoms. The quantitative estimate of drug-likeness (QED) is 0.878. The second-order valence-corrected chi connectivity index (χ2v) is 7.53. The molecule has 3 aliphatic rings. The summed E-state index contributed by atoms with van der Waals surface area (Å²) < 4.78 is 6.01. The number of aliphatic imine (C=N–C) groups is 1. The van der Waals surface area contributed by atoms with Gasteiger partial charge in [-0.3, -0.25) is 9.89 Å². The third-order valence-electron chi connectivity index (χ3n) is 4.78. The summed E-state index contributed by atoms with van der Waals surface area (Å²) in [5, 5.41) is 17.2. The van der Waals surface area contributed by atoms with E-state index in [2.05, 4.69) is 15.2 Å². The predicted octanol–water partition coefficient (Wildman–Crippen LogP) is 2.44. The topological polar surface area (TPSA) is 87.6 Å². The SMILES string of the molecule is CC[C@@](C)(O)C1=NC(=O)C2SC(c3cn[nH]c3)=C3OCCCC1=C32. The first kappa shape index (κ1) is 15.7. The number of aromatic nitrogens is 2. The monoisotopic (exact) mass is 345 g/mol. The van der Waals surface area contributed by atoms with E-state index in [1.807, 2.05) is 6.92 Å². The van der Waals surface area contributed by atoms with E-state index in [9.17, 15) is 9.90 Å². The van der Waals surface area contributed by atoms with Crippen molar-refractivity contribution in [2.45, 2.75) is 44.0 Å². The van der Waals surface area contributed by atoms with Crippen LogP contribution in [0.25, 0.3) is 4.91 Å². The molecule has 3 aliphatic heterocycles. The molecule has 4 heterocycles. The van der Waals surface area contributed by atoms with E-state index in [1.165, 1.54) is 11.8 Å². The van der Waals surface area contributed by atoms with Gasteiger partial charge in [-0.25, -0.2) is 4.99 Å². The van der Waals surface area contributed by atoms with Crippen molar-refractivity contribution in [3.8, 4) is 0 Å². The molecule has 1 unspecified atom stereocenters. The molecule has 0 aliphatic carbocycles. The summed E-state index contributed by atoms with van der Waals surface area (Å²) in [6, 6.07) is 0. The van der Waals surface area contributed by atoms with E-state index in [4.69, 9.17) is 4.74 Å². The van der Waals surface area contributed by atoms with Crippen molar-refractivity contribution in [1.29, 1.82) is 0 Å². The van der Waals surface area contributed by atoms with Gasteiger partial charge in [0.15, 0.2) is 0 Å². The molecule has 0 aromatic carbocycles. The van der Waals surface area contributed by atoms with Crippen LogP contribution in [-0.4, -0.2) is 44.4 Å². The Balaban J connectivity index is 1.92. The average molecular weight is 345 g/mol. The summed E-state index contributed by atoms with van der Waals surface area (Å²) in [4.78, 5) is 17.9. The van der Waals surface area contributed by atoms with Crippen LogP contribution in [0, 0.1) is 0 Å². The highest BCUT2D eigenvalue weighted by Gasteiger charge is 2.46. The van der Waals surface area contributed by atoms with Crippen LogP contribution < -0.4 is 0 Å². The third-order valence-corrected chi connectivity index (χ3v) is 6.11. The Morgan fingerprint density at radius 2 is 2.38 bits per heavy atom. The van der Waals surface area contributed by atoms with Crippen LogP contribution in [0.4, 0.5) is 0 Å². The first-order valence-electron chi connectivity index (χ1n) is 8.15. The van der Waals surface area contributed by atoms with Crippen LogP contribution in [0.15, 0.2) is 34.3 Å². The molecule has 2 atom stereocenters. The van der Waals surface area contributed by atoms with Gasteiger partial charge in [0.25, 0.3) is 5.91 Å². The minimum atomic E-state index is -1.11. The number of hydrogen-bond donors (Lipinski definition) is 2. The molecule has 0 radical (unpaired) electrons. The number of carbonyl (C=O) groups excluding carboxylic acids is 1. The number of aromatic amines is 1. The fourth-order valence-electron chi connectivity index (χ4n) is 3.31. The van der Waals surface area contributed by atoms with Gasteiger partial charge in [0.05, 0.1) is 23.4 Å². The summed E-state index contributed by atoms with van der Waals surface area (Å²) in [6.07, 6.45) is 5.63. The smallest absolute Gasteiger partial charge is 0.264 e. The van der Waals surface area contributed by atoms with Gasteiger partial charge in [0.2, 0.25) is 0 Å². The Morgan fingerprint density at radius 1 is 1.54 bits per heavy atom. The number of amides is 1. The summed E-state index contributed by atoms with van der Waals surface area (Å²) >= 11 is 1.46. The molecule has 6 nitrogen and oxygen atoms in total. The summed E-state index contributed by atoms with van der Waals surface area (Å²) in [5.74, 6) is 0.538. The van der Waals surface area contributed by atoms with E-state index in [0.717, 1.165) is 40.2 Å². The molecule has 7 heteroatoms. The number of hydrogen-bond acceptors (Lipinski definition) is 5. The molecule has 0 saturated heterocycles. The Labute approximate surface area is 144 Å². The molecule has 0 bridgehead atoms. The molecular weight excluding hydrogens is 326 g/mol. The molecule has 2 N–H and O–H groups in total. The Bertz CT molecular complexity index is 790. The third kappa shape index (κ3) is 2.26. The van der Waals surface area contributed by atoms with E-state index in [-0.39, 0.29) is 11.2 Å². The van der Waals surface area contributed by atoms with Crippen LogP contribution in [0.3, 0.4) is 0 Å². The molecule has 126 valence electrons. The van der Waals surface area contributed by atoms with Crippen LogP contribution in [-0.2, 0) is 9.53 Å². The van der Waals surface area contributed by atoms with Gasteiger partial charge in [-0.1, -0.05) is 6.92 Å². The minimum Gasteiger partial charge on any atom is -0.492 e. The molecule has 0 fully saturated rings. The number of rotatable bonds is 3. The average Bonchev–Trinajstić information content (AvgIpc) is 3.16. The number of nitrogens with zero attached hydrogens (tertiary/aromatic N) is 2. The zero-order valence-electron chi connectivity index (χ0n) is 13.6. The van der Waals surface area contributed by atoms with Gasteiger partial charge < -0.3 is 9.84 Å². The van der Waals surface area contributed by atoms with E-state index >= 15 is 0 Å². The summed E-state index contributed by atoms with van der Waals surface area (Å²) in [6.45, 7) is 4.21. The number of dihydropyridines is 1. The summed E-state index contributed by atoms with van der Waals surface area (Å²) in [5.41, 5.74) is 2.19. The standard InChI is InChI=1S/C17H19N3O3S/c1-3-17(2,22)15-10-5-4-6-23-12-11(10)14(16(21)20-15)24-13(12)9-7-18-19-8-9/h7-8,14,22H,3-6H2,1-2H3,(H,18,19)/t14?,17-/m1/s1. The molecule has 1 aromatic rings. The van der Waals surface area contributed by atoms with Crippen molar-refractivity contribution in [1.82, 2.24) is 10.2 Å². The highest BCUT2D eigenvalue weighted by atomic mass is 32.2. The molecule has 1 amide bonds. The molecule has 0 saturated carbocycles. The molecule has 1 aromatic heterocycles. The molecule has 24 heavy (non-hydrogen) atoms. The van der Waals surface area contributed by atoms with Crippen molar-refractivity contribution in [3.05, 3.63) is 34.9 Å². The van der Waals surface area contributed by atoms with Gasteiger partial charge in [0, 0.05) is 17.3 Å². The van der Waals surface area contributed by atoms with Crippen molar-refractivity contribution in [2.75, 3.05) is 6.61 Å². The van der Waals surface area contributed by atoms with Crippen molar-refractivity contribution >= 4 is 28.3 Å². The number of ether oxygens (including phenoxy) is 1. The first-order valence-corrected chi connectivity index (χ1v) is 9.03. The lowest BCUT2D eigenvalue weighted by Crippen LogP contribution is -2.40. The van der Waals surface area contributed by atoms with Gasteiger partial charge in [-0.15, -0.1) is 11.8 Å². The number of carbonyl (C=O) groups is 1. The van der Waals surface area contributed by atoms with Gasteiger partial charge in [-0.2, -0.15) is 5.10 Å². The maximum atomic E-state index is 12.6. The van der Waals surface area contributed by atoms with E-state index in [0.29, 0.717) is 18.7 Å². The number of H-pyrrole nitrogens is 1. The fourth-order valence-corrected chi connectivity index (χ4v) is 4.59. The Hall–Kier alpha value is -1.86. The fraction of sp³-hybridized carbons (Fsp3) is 0.471. The number of nitrogens with one attached hydrogen (secondary N) is 1. The largest absolute Gasteiger partial charge is 0.492 e. The van der Waals surface area contributed by atoms with Crippen molar-refractivity contribution in [3.63, 3.8) is 0 Å². The van der Waals surface area contributed by atoms with Gasteiger partial charge >= 0.3 is 0 Å². The zero-order valence-corrected chi connectivity index (χ0v) is 14.4. The predicted molar refractivity (Wildman–Crippen MR) is 92.5 cm³/mol. The maximum Gasteiger partial charge on any atom is 0.264 e. The van der Waals surface area contributed by atoms with Gasteiger partial charge in [-0.05, 0) is 31.8 Å². The van der Waals surface area contributed by atoms with Gasteiger partial charge in [0.1, 0.15) is 16.6 Å². The highest BCUT2D eigenvalue weighted by Crippen LogP contribution is 2.52. The number of allylic oxidation sites excluding steroid dienone is 1. The number of aliphatic hydroxyl groups is 1. The maximum absolute atomic E-state index is 12.6. The first-order chi connectivity index (χ1) is 11.5. The van der Waals surface area contributed by atoms with Crippen LogP contribution in [0.5, 0.6) is 0 Å². The van der Waals surface area contributed by atoms with Crippen LogP contribution >= 0.6 is 11.8 Å². The highest BCUT2D eigenvalue weighted by molar-refractivity contribution is 8.10. The lowest BCUT2D eigenvalue weighted by molar-refractivity contribution is -0.116. The van der Waals surface area contributed by atoms with Crippen LogP contribution in [0.1, 0.15) is 38.7 Å². The van der Waals surface area contributed by atoms with E-state index in [1.54, 1.807) is 19.3 Å². The van der Waals surface area contributed by atoms with E-state index < -0.39 is 5.60 Å². The minimum absolute atomic E-state index is 0.219. The summed E-state index contributed by atoms with van der Waals surface area (Å²) in [7, 11) is 0. The normalized spacial score (nSPS) is 25.9. The van der Waals surface area contributed by atoms with Crippen LogP contribution in [0.2, 0.25) is 0 Å². The molecular formula is C17H19N3O3S. The second-order valence-electron chi connectivity index (χ2n) is 6.41. The Morgan fingerprint density at radius 3 is 3.08 bits per heavy atom. The second kappa shape index (κ2) is 5.60. The number of thioether (sulfide) groups is 1. The Kier molecular flexibility index (Phi) is 3.65. The molecule has 4 rings (SSSR count). The lowest BCUT2D eigenvalue weighted by atomic mass is 9.83. The van der Waals surface area contributed by atoms with Crippen molar-refractivity contribution in [2.24, 2.45) is 4.99 Å². The lowest BCUT2D eigenvalue weighted by Gasteiger charge is -2.30. The van der Waals surface area contributed by atoms with Crippen molar-refractivity contribution < 1.29 is 14.6 Å².